The summed E-state index contributed by atoms with van der Waals surface area (Å²) in [6.07, 6.45) is 3.64. The first-order chi connectivity index (χ1) is 12.1. The van der Waals surface area contributed by atoms with Crippen LogP contribution in [0.4, 0.5) is 0 Å². The lowest BCUT2D eigenvalue weighted by molar-refractivity contribution is -0.120. The Labute approximate surface area is 146 Å². The van der Waals surface area contributed by atoms with Gasteiger partial charge in [0, 0.05) is 24.5 Å². The molecule has 25 heavy (non-hydrogen) atoms. The van der Waals surface area contributed by atoms with Crippen LogP contribution < -0.4 is 20.1 Å². The van der Waals surface area contributed by atoms with E-state index in [0.29, 0.717) is 18.5 Å². The van der Waals surface area contributed by atoms with Crippen molar-refractivity contribution in [2.75, 3.05) is 27.3 Å². The van der Waals surface area contributed by atoms with E-state index in [2.05, 4.69) is 15.6 Å². The topological polar surface area (TPSA) is 89.5 Å². The maximum absolute atomic E-state index is 11.9. The maximum atomic E-state index is 11.9. The lowest BCUT2D eigenvalue weighted by Crippen LogP contribution is -2.37. The Morgan fingerprint density at radius 2 is 1.80 bits per heavy atom. The lowest BCUT2D eigenvalue weighted by Gasteiger charge is -2.11. The SMILES string of the molecule is COc1ccc(OC)c(CCNC(=O)CNC(=O)c2ccncc2)c1. The van der Waals surface area contributed by atoms with Gasteiger partial charge in [-0.05, 0) is 42.3 Å². The third kappa shape index (κ3) is 5.49. The monoisotopic (exact) mass is 343 g/mol. The van der Waals surface area contributed by atoms with Gasteiger partial charge in [0.05, 0.1) is 20.8 Å². The number of nitrogens with zero attached hydrogens (tertiary/aromatic N) is 1. The fourth-order valence-corrected chi connectivity index (χ4v) is 2.24. The molecular weight excluding hydrogens is 322 g/mol. The minimum Gasteiger partial charge on any atom is -0.497 e. The van der Waals surface area contributed by atoms with Crippen LogP contribution in [-0.4, -0.2) is 44.1 Å². The summed E-state index contributed by atoms with van der Waals surface area (Å²) in [6.45, 7) is 0.337. The second kappa shape index (κ2) is 9.27. The predicted molar refractivity (Wildman–Crippen MR) is 92.8 cm³/mol. The van der Waals surface area contributed by atoms with Crippen LogP contribution in [0.2, 0.25) is 0 Å². The summed E-state index contributed by atoms with van der Waals surface area (Å²) >= 11 is 0. The molecule has 1 aromatic carbocycles. The third-order valence-electron chi connectivity index (χ3n) is 3.56. The summed E-state index contributed by atoms with van der Waals surface area (Å²) in [5.74, 6) is 0.893. The van der Waals surface area contributed by atoms with Crippen molar-refractivity contribution in [2.24, 2.45) is 0 Å². The Kier molecular flexibility index (Phi) is 6.76. The number of hydrogen-bond acceptors (Lipinski definition) is 5. The number of benzene rings is 1. The molecule has 2 amide bonds. The van der Waals surface area contributed by atoms with Gasteiger partial charge in [0.15, 0.2) is 0 Å². The van der Waals surface area contributed by atoms with E-state index < -0.39 is 0 Å². The van der Waals surface area contributed by atoms with Crippen LogP contribution in [0.25, 0.3) is 0 Å². The molecule has 1 heterocycles. The van der Waals surface area contributed by atoms with Crippen molar-refractivity contribution in [2.45, 2.75) is 6.42 Å². The average Bonchev–Trinajstić information content (AvgIpc) is 2.66. The zero-order chi connectivity index (χ0) is 18.1. The van der Waals surface area contributed by atoms with Crippen molar-refractivity contribution in [3.63, 3.8) is 0 Å². The molecule has 0 saturated heterocycles. The molecule has 0 fully saturated rings. The summed E-state index contributed by atoms with van der Waals surface area (Å²) in [5, 5.41) is 5.33. The molecule has 0 aliphatic carbocycles. The zero-order valence-corrected chi connectivity index (χ0v) is 14.2. The summed E-state index contributed by atoms with van der Waals surface area (Å²) in [7, 11) is 3.19. The van der Waals surface area contributed by atoms with Crippen LogP contribution in [0, 0.1) is 0 Å². The van der Waals surface area contributed by atoms with E-state index in [0.717, 1.165) is 17.1 Å². The molecule has 2 aromatic rings. The van der Waals surface area contributed by atoms with E-state index in [-0.39, 0.29) is 18.4 Å². The standard InChI is InChI=1S/C18H21N3O4/c1-24-15-3-4-16(25-2)14(11-15)7-10-20-17(22)12-21-18(23)13-5-8-19-9-6-13/h3-6,8-9,11H,7,10,12H2,1-2H3,(H,20,22)(H,21,23). The van der Waals surface area contributed by atoms with Crippen LogP contribution in [0.15, 0.2) is 42.7 Å². The van der Waals surface area contributed by atoms with E-state index in [1.165, 1.54) is 12.4 Å². The Bertz CT molecular complexity index is 720. The summed E-state index contributed by atoms with van der Waals surface area (Å²) < 4.78 is 10.5. The minimum atomic E-state index is -0.313. The highest BCUT2D eigenvalue weighted by Gasteiger charge is 2.09. The number of aromatic nitrogens is 1. The highest BCUT2D eigenvalue weighted by Crippen LogP contribution is 2.24. The number of methoxy groups -OCH3 is 2. The molecule has 0 unspecified atom stereocenters. The van der Waals surface area contributed by atoms with E-state index in [1.807, 2.05) is 18.2 Å². The van der Waals surface area contributed by atoms with Gasteiger partial charge in [0.2, 0.25) is 5.91 Å². The molecule has 7 nitrogen and oxygen atoms in total. The van der Waals surface area contributed by atoms with Crippen LogP contribution in [0.1, 0.15) is 15.9 Å². The van der Waals surface area contributed by atoms with Gasteiger partial charge in [-0.1, -0.05) is 0 Å². The quantitative estimate of drug-likeness (QED) is 0.751. The number of carbonyl (C=O) groups excluding carboxylic acids is 2. The molecule has 0 saturated carbocycles. The number of nitrogens with one attached hydrogen (secondary N) is 2. The maximum Gasteiger partial charge on any atom is 0.251 e. The van der Waals surface area contributed by atoms with E-state index >= 15 is 0 Å². The van der Waals surface area contributed by atoms with Gasteiger partial charge < -0.3 is 20.1 Å². The van der Waals surface area contributed by atoms with Crippen LogP contribution in [0.3, 0.4) is 0 Å². The number of rotatable bonds is 8. The molecule has 0 spiro atoms. The molecule has 2 N–H and O–H groups in total. The number of ether oxygens (including phenoxy) is 2. The average molecular weight is 343 g/mol. The highest BCUT2D eigenvalue weighted by atomic mass is 16.5. The first kappa shape index (κ1) is 18.3. The first-order valence-corrected chi connectivity index (χ1v) is 7.80. The highest BCUT2D eigenvalue weighted by molar-refractivity contribution is 5.96. The molecule has 0 atom stereocenters. The predicted octanol–water partition coefficient (Wildman–Crippen LogP) is 1.19. The molecule has 7 heteroatoms. The Balaban J connectivity index is 1.78. The Hall–Kier alpha value is -3.09. The third-order valence-corrected chi connectivity index (χ3v) is 3.56. The number of hydrogen-bond donors (Lipinski definition) is 2. The van der Waals surface area contributed by atoms with Gasteiger partial charge in [0.1, 0.15) is 11.5 Å². The summed E-state index contributed by atoms with van der Waals surface area (Å²) in [6, 6.07) is 8.68. The minimum absolute atomic E-state index is 0.0869. The molecule has 0 aliphatic rings. The molecular formula is C18H21N3O4. The van der Waals surface area contributed by atoms with Crippen molar-refractivity contribution in [3.05, 3.63) is 53.9 Å². The van der Waals surface area contributed by atoms with Crippen molar-refractivity contribution < 1.29 is 19.1 Å². The van der Waals surface area contributed by atoms with Crippen molar-refractivity contribution in [1.29, 1.82) is 0 Å². The van der Waals surface area contributed by atoms with Gasteiger partial charge in [-0.25, -0.2) is 0 Å². The number of amides is 2. The molecule has 2 rings (SSSR count). The fourth-order valence-electron chi connectivity index (χ4n) is 2.24. The van der Waals surface area contributed by atoms with Crippen molar-refractivity contribution in [1.82, 2.24) is 15.6 Å². The van der Waals surface area contributed by atoms with Gasteiger partial charge in [-0.2, -0.15) is 0 Å². The molecule has 0 radical (unpaired) electrons. The largest absolute Gasteiger partial charge is 0.497 e. The number of carbonyl (C=O) groups is 2. The van der Waals surface area contributed by atoms with Gasteiger partial charge >= 0.3 is 0 Å². The molecule has 132 valence electrons. The van der Waals surface area contributed by atoms with E-state index in [9.17, 15) is 9.59 Å². The summed E-state index contributed by atoms with van der Waals surface area (Å²) in [4.78, 5) is 27.5. The Morgan fingerprint density at radius 3 is 2.48 bits per heavy atom. The van der Waals surface area contributed by atoms with E-state index in [1.54, 1.807) is 26.4 Å². The molecule has 0 aliphatic heterocycles. The molecule has 0 bridgehead atoms. The smallest absolute Gasteiger partial charge is 0.251 e. The van der Waals surface area contributed by atoms with Crippen LogP contribution >= 0.6 is 0 Å². The van der Waals surface area contributed by atoms with Crippen molar-refractivity contribution in [3.8, 4) is 11.5 Å². The van der Waals surface area contributed by atoms with Crippen molar-refractivity contribution >= 4 is 11.8 Å². The second-order valence-corrected chi connectivity index (χ2v) is 5.20. The fraction of sp³-hybridized carbons (Fsp3) is 0.278. The van der Waals surface area contributed by atoms with Gasteiger partial charge in [-0.3, -0.25) is 14.6 Å². The Morgan fingerprint density at radius 1 is 1.04 bits per heavy atom. The lowest BCUT2D eigenvalue weighted by atomic mass is 10.1. The van der Waals surface area contributed by atoms with Crippen LogP contribution in [-0.2, 0) is 11.2 Å². The zero-order valence-electron chi connectivity index (χ0n) is 14.2. The normalized spacial score (nSPS) is 10.0. The van der Waals surface area contributed by atoms with Crippen LogP contribution in [0.5, 0.6) is 11.5 Å². The number of pyridine rings is 1. The van der Waals surface area contributed by atoms with E-state index in [4.69, 9.17) is 9.47 Å². The first-order valence-electron chi connectivity index (χ1n) is 7.80. The second-order valence-electron chi connectivity index (χ2n) is 5.20. The molecule has 1 aromatic heterocycles. The summed E-state index contributed by atoms with van der Waals surface area (Å²) in [5.41, 5.74) is 1.40. The van der Waals surface area contributed by atoms with Gasteiger partial charge in [-0.15, -0.1) is 0 Å². The van der Waals surface area contributed by atoms with Gasteiger partial charge in [0.25, 0.3) is 5.91 Å².